The standard InChI is InChI=1S/C19H23N5/c1-4-13-7-14(15-9-20-10-15)5-6-17(13)24(3)19-8-18-16(11-21-19)22-12-23(18)2/h5-8,11-12,15,20H,4,9-10H2,1-3H3. The minimum atomic E-state index is 0.665. The van der Waals surface area contributed by atoms with Crippen molar-refractivity contribution >= 4 is 22.5 Å². The predicted molar refractivity (Wildman–Crippen MR) is 98.0 cm³/mol. The van der Waals surface area contributed by atoms with Crippen LogP contribution in [0.4, 0.5) is 11.5 Å². The van der Waals surface area contributed by atoms with Crippen LogP contribution in [0.15, 0.2) is 36.8 Å². The first-order valence-corrected chi connectivity index (χ1v) is 8.51. The summed E-state index contributed by atoms with van der Waals surface area (Å²) in [4.78, 5) is 11.1. The molecule has 0 radical (unpaired) electrons. The minimum Gasteiger partial charge on any atom is -0.334 e. The van der Waals surface area contributed by atoms with Crippen LogP contribution >= 0.6 is 0 Å². The average Bonchev–Trinajstić information content (AvgIpc) is 2.93. The summed E-state index contributed by atoms with van der Waals surface area (Å²) < 4.78 is 2.03. The van der Waals surface area contributed by atoms with E-state index in [9.17, 15) is 0 Å². The van der Waals surface area contributed by atoms with E-state index in [1.807, 2.05) is 24.1 Å². The van der Waals surface area contributed by atoms with E-state index in [-0.39, 0.29) is 0 Å². The molecule has 0 saturated carbocycles. The Morgan fingerprint density at radius 2 is 2.08 bits per heavy atom. The van der Waals surface area contributed by atoms with Crippen molar-refractivity contribution in [1.82, 2.24) is 19.9 Å². The van der Waals surface area contributed by atoms with Crippen molar-refractivity contribution in [2.45, 2.75) is 19.3 Å². The first-order valence-electron chi connectivity index (χ1n) is 8.51. The lowest BCUT2D eigenvalue weighted by atomic mass is 9.91. The highest BCUT2D eigenvalue weighted by molar-refractivity contribution is 5.79. The Morgan fingerprint density at radius 3 is 2.79 bits per heavy atom. The molecule has 24 heavy (non-hydrogen) atoms. The third-order valence-corrected chi connectivity index (χ3v) is 5.04. The second-order valence-electron chi connectivity index (χ2n) is 6.54. The van der Waals surface area contributed by atoms with Gasteiger partial charge in [-0.2, -0.15) is 0 Å². The number of aromatic nitrogens is 3. The van der Waals surface area contributed by atoms with Crippen molar-refractivity contribution in [3.63, 3.8) is 0 Å². The molecule has 1 fully saturated rings. The molecular formula is C19H23N5. The summed E-state index contributed by atoms with van der Waals surface area (Å²) in [6.07, 6.45) is 4.69. The quantitative estimate of drug-likeness (QED) is 0.802. The second-order valence-corrected chi connectivity index (χ2v) is 6.54. The SMILES string of the molecule is CCc1cc(C2CNC2)ccc1N(C)c1cc2c(cn1)ncn2C. The fraction of sp³-hybridized carbons (Fsp3) is 0.368. The highest BCUT2D eigenvalue weighted by atomic mass is 15.2. The molecule has 1 aromatic carbocycles. The zero-order chi connectivity index (χ0) is 16.7. The Labute approximate surface area is 142 Å². The van der Waals surface area contributed by atoms with Crippen LogP contribution < -0.4 is 10.2 Å². The molecule has 5 heteroatoms. The third kappa shape index (κ3) is 2.45. The minimum absolute atomic E-state index is 0.665. The number of nitrogens with one attached hydrogen (secondary N) is 1. The maximum absolute atomic E-state index is 4.60. The van der Waals surface area contributed by atoms with Gasteiger partial charge in [0.2, 0.25) is 0 Å². The van der Waals surface area contributed by atoms with Gasteiger partial charge < -0.3 is 14.8 Å². The van der Waals surface area contributed by atoms with Crippen molar-refractivity contribution in [2.75, 3.05) is 25.0 Å². The van der Waals surface area contributed by atoms with E-state index in [0.29, 0.717) is 5.92 Å². The fourth-order valence-electron chi connectivity index (χ4n) is 3.32. The van der Waals surface area contributed by atoms with Gasteiger partial charge in [-0.25, -0.2) is 9.97 Å². The molecule has 0 atom stereocenters. The van der Waals surface area contributed by atoms with Gasteiger partial charge in [0, 0.05) is 44.9 Å². The highest BCUT2D eigenvalue weighted by Crippen LogP contribution is 2.31. The van der Waals surface area contributed by atoms with Gasteiger partial charge in [0.15, 0.2) is 0 Å². The highest BCUT2D eigenvalue weighted by Gasteiger charge is 2.20. The van der Waals surface area contributed by atoms with Gasteiger partial charge in [-0.1, -0.05) is 19.1 Å². The van der Waals surface area contributed by atoms with Gasteiger partial charge in [-0.05, 0) is 23.6 Å². The molecule has 0 amide bonds. The smallest absolute Gasteiger partial charge is 0.134 e. The number of rotatable bonds is 4. The normalized spacial score (nSPS) is 14.8. The Kier molecular flexibility index (Phi) is 3.73. The second kappa shape index (κ2) is 5.91. The van der Waals surface area contributed by atoms with Crippen LogP contribution in [0.3, 0.4) is 0 Å². The molecule has 0 bridgehead atoms. The monoisotopic (exact) mass is 321 g/mol. The lowest BCUT2D eigenvalue weighted by Crippen LogP contribution is -2.39. The van der Waals surface area contributed by atoms with Crippen molar-refractivity contribution < 1.29 is 0 Å². The van der Waals surface area contributed by atoms with E-state index in [1.165, 1.54) is 16.8 Å². The Balaban J connectivity index is 1.71. The number of benzene rings is 1. The molecule has 1 saturated heterocycles. The number of anilines is 2. The maximum Gasteiger partial charge on any atom is 0.134 e. The van der Waals surface area contributed by atoms with Crippen LogP contribution in [0.2, 0.25) is 0 Å². The largest absolute Gasteiger partial charge is 0.334 e. The summed E-state index contributed by atoms with van der Waals surface area (Å²) >= 11 is 0. The zero-order valence-corrected chi connectivity index (χ0v) is 14.5. The molecule has 0 unspecified atom stereocenters. The van der Waals surface area contributed by atoms with Gasteiger partial charge in [0.25, 0.3) is 0 Å². The first kappa shape index (κ1) is 15.1. The van der Waals surface area contributed by atoms with E-state index >= 15 is 0 Å². The number of nitrogens with zero attached hydrogens (tertiary/aromatic N) is 4. The summed E-state index contributed by atoms with van der Waals surface area (Å²) in [6, 6.07) is 8.96. The molecule has 124 valence electrons. The van der Waals surface area contributed by atoms with Crippen molar-refractivity contribution in [2.24, 2.45) is 7.05 Å². The maximum atomic E-state index is 4.60. The molecule has 1 aliphatic rings. The first-order chi connectivity index (χ1) is 11.7. The summed E-state index contributed by atoms with van der Waals surface area (Å²) in [5, 5.41) is 3.35. The number of aryl methyl sites for hydroxylation is 2. The number of hydrogen-bond donors (Lipinski definition) is 1. The molecule has 3 heterocycles. The van der Waals surface area contributed by atoms with Crippen molar-refractivity contribution in [1.29, 1.82) is 0 Å². The summed E-state index contributed by atoms with van der Waals surface area (Å²) in [5.41, 5.74) is 6.06. The van der Waals surface area contributed by atoms with E-state index in [2.05, 4.69) is 58.4 Å². The molecule has 0 spiro atoms. The number of hydrogen-bond acceptors (Lipinski definition) is 4. The third-order valence-electron chi connectivity index (χ3n) is 5.04. The lowest BCUT2D eigenvalue weighted by molar-refractivity contribution is 0.448. The molecule has 1 aliphatic heterocycles. The van der Waals surface area contributed by atoms with Crippen LogP contribution in [0.25, 0.3) is 11.0 Å². The summed E-state index contributed by atoms with van der Waals surface area (Å²) in [6.45, 7) is 4.40. The summed E-state index contributed by atoms with van der Waals surface area (Å²) in [5.74, 6) is 1.61. The van der Waals surface area contributed by atoms with Gasteiger partial charge in [-0.15, -0.1) is 0 Å². The number of pyridine rings is 1. The van der Waals surface area contributed by atoms with Gasteiger partial charge in [-0.3, -0.25) is 0 Å². The van der Waals surface area contributed by atoms with E-state index in [4.69, 9.17) is 0 Å². The fourth-order valence-corrected chi connectivity index (χ4v) is 3.32. The predicted octanol–water partition coefficient (Wildman–Crippen LogP) is 2.99. The number of imidazole rings is 1. The van der Waals surface area contributed by atoms with Gasteiger partial charge >= 0.3 is 0 Å². The molecule has 5 nitrogen and oxygen atoms in total. The summed E-state index contributed by atoms with van der Waals surface area (Å²) in [7, 11) is 4.10. The average molecular weight is 321 g/mol. The Hall–Kier alpha value is -2.40. The van der Waals surface area contributed by atoms with Crippen molar-refractivity contribution in [3.8, 4) is 0 Å². The van der Waals surface area contributed by atoms with Crippen LogP contribution in [0.1, 0.15) is 24.0 Å². The molecule has 0 aliphatic carbocycles. The lowest BCUT2D eigenvalue weighted by Gasteiger charge is -2.29. The number of fused-ring (bicyclic) bond motifs is 1. The van der Waals surface area contributed by atoms with Gasteiger partial charge in [0.1, 0.15) is 11.3 Å². The molecule has 4 rings (SSSR count). The molecule has 2 aromatic heterocycles. The Morgan fingerprint density at radius 1 is 1.25 bits per heavy atom. The molecule has 1 N–H and O–H groups in total. The molecular weight excluding hydrogens is 298 g/mol. The molecule has 3 aromatic rings. The van der Waals surface area contributed by atoms with Crippen LogP contribution in [-0.4, -0.2) is 34.7 Å². The Bertz CT molecular complexity index is 879. The van der Waals surface area contributed by atoms with Crippen LogP contribution in [0.5, 0.6) is 0 Å². The zero-order valence-electron chi connectivity index (χ0n) is 14.5. The topological polar surface area (TPSA) is 46.0 Å². The van der Waals surface area contributed by atoms with E-state index in [0.717, 1.165) is 36.4 Å². The van der Waals surface area contributed by atoms with Crippen LogP contribution in [0, 0.1) is 0 Å². The van der Waals surface area contributed by atoms with E-state index in [1.54, 1.807) is 0 Å². The van der Waals surface area contributed by atoms with Crippen molar-refractivity contribution in [3.05, 3.63) is 47.9 Å². The van der Waals surface area contributed by atoms with Gasteiger partial charge in [0.05, 0.1) is 18.0 Å². The van der Waals surface area contributed by atoms with E-state index < -0.39 is 0 Å². The van der Waals surface area contributed by atoms with Crippen LogP contribution in [-0.2, 0) is 13.5 Å².